The molecule has 0 atom stereocenters. The van der Waals surface area contributed by atoms with Gasteiger partial charge in [-0.3, -0.25) is 0 Å². The summed E-state index contributed by atoms with van der Waals surface area (Å²) in [5.74, 6) is 0. The molecule has 38 valence electrons. The van der Waals surface area contributed by atoms with Gasteiger partial charge in [-0.05, 0) is 0 Å². The molecule has 0 N–H and O–H groups in total. The predicted molar refractivity (Wildman–Crippen MR) is 46.7 cm³/mol. The second-order valence-corrected chi connectivity index (χ2v) is 28.6. The van der Waals surface area contributed by atoms with Crippen LogP contribution in [0.3, 0.4) is 0 Å². The van der Waals surface area contributed by atoms with E-state index in [2.05, 4.69) is 40.3 Å². The summed E-state index contributed by atoms with van der Waals surface area (Å²) >= 11 is 4.96. The number of halogens is 2. The van der Waals surface area contributed by atoms with Crippen LogP contribution in [0, 0.1) is 0 Å². The summed E-state index contributed by atoms with van der Waals surface area (Å²) in [6.45, 7) is 0. The molecule has 0 unspecified atom stereocenters. The molecule has 0 saturated carbocycles. The Labute approximate surface area is 68.7 Å². The molecule has 0 fully saturated rings. The molecular weight excluding hydrogens is 501 g/mol. The summed E-state index contributed by atoms with van der Waals surface area (Å²) in [6.07, 6.45) is 0. The Bertz CT molecular complexity index is 13.5. The number of rotatable bonds is 0. The van der Waals surface area contributed by atoms with Crippen LogP contribution in [0.15, 0.2) is 0 Å². The number of ether oxygens (including phenoxy) is 1. The van der Waals surface area contributed by atoms with Crippen molar-refractivity contribution in [2.24, 2.45) is 0 Å². The van der Waals surface area contributed by atoms with Crippen LogP contribution in [0.5, 0.6) is 0 Å². The van der Waals surface area contributed by atoms with Crippen LogP contribution < -0.4 is 0 Å². The molecule has 0 aliphatic heterocycles. The Kier molecular flexibility index (Phi) is 29.2. The Morgan fingerprint density at radius 2 is 1.33 bits per heavy atom. The topological polar surface area (TPSA) is 9.23 Å². The van der Waals surface area contributed by atoms with Crippen molar-refractivity contribution in [1.82, 2.24) is 0 Å². The van der Waals surface area contributed by atoms with Gasteiger partial charge in [0.1, 0.15) is 0 Å². The van der Waals surface area contributed by atoms with Gasteiger partial charge in [0.15, 0.2) is 0 Å². The predicted octanol–water partition coefficient (Wildman–Crippen LogP) is 1.65. The zero-order chi connectivity index (χ0) is 5.41. The first-order valence-corrected chi connectivity index (χ1v) is 23.1. The molecule has 0 heterocycles. The third kappa shape index (κ3) is 33.0. The minimum atomic E-state index is 0.0233. The first kappa shape index (κ1) is 11.2. The van der Waals surface area contributed by atoms with Gasteiger partial charge in [-0.15, -0.1) is 0 Å². The van der Waals surface area contributed by atoms with E-state index >= 15 is 0 Å². The zero-order valence-corrected chi connectivity index (χ0v) is 11.9. The van der Waals surface area contributed by atoms with E-state index < -0.39 is 0 Å². The van der Waals surface area contributed by atoms with Crippen LogP contribution in [-0.4, -0.2) is 29.9 Å². The average Bonchev–Trinajstić information content (AvgIpc) is 1.39. The van der Waals surface area contributed by atoms with E-state index in [0.717, 1.165) is 0 Å². The summed E-state index contributed by atoms with van der Waals surface area (Å²) in [4.78, 5) is 0. The van der Waals surface area contributed by atoms with Crippen molar-refractivity contribution in [2.75, 3.05) is 14.2 Å². The van der Waals surface area contributed by atoms with Gasteiger partial charge in [0, 0.05) is 14.2 Å². The van der Waals surface area contributed by atoms with Crippen molar-refractivity contribution >= 4 is 51.2 Å². The molecule has 0 amide bonds. The van der Waals surface area contributed by atoms with Gasteiger partial charge in [0.2, 0.25) is 0 Å². The van der Waals surface area contributed by atoms with Crippen LogP contribution in [0.25, 0.3) is 0 Å². The molecule has 0 aromatic heterocycles. The standard InChI is InChI=1S/C2H6O.2HI.Pb/c1-3-2;;;/h1-2H3;2*1H;/q;;;+2/p-2. The van der Waals surface area contributed by atoms with Crippen LogP contribution in [0.1, 0.15) is 0 Å². The fourth-order valence-electron chi connectivity index (χ4n) is 0. The van der Waals surface area contributed by atoms with Crippen molar-refractivity contribution in [3.63, 3.8) is 0 Å². The van der Waals surface area contributed by atoms with E-state index in [1.165, 1.54) is 0 Å². The van der Waals surface area contributed by atoms with Crippen molar-refractivity contribution in [3.05, 3.63) is 0 Å². The number of hydrogen-bond donors (Lipinski definition) is 0. The van der Waals surface area contributed by atoms with E-state index in [-0.39, 0.29) is 15.6 Å². The molecule has 0 aromatic carbocycles. The summed E-state index contributed by atoms with van der Waals surface area (Å²) in [5.41, 5.74) is 0. The monoisotopic (exact) mass is 508 g/mol. The molecule has 6 heavy (non-hydrogen) atoms. The Morgan fingerprint density at radius 3 is 1.33 bits per heavy atom. The van der Waals surface area contributed by atoms with E-state index in [1.54, 1.807) is 14.2 Å². The molecule has 0 bridgehead atoms. The van der Waals surface area contributed by atoms with Crippen molar-refractivity contribution in [2.45, 2.75) is 0 Å². The molecule has 2 radical (unpaired) electrons. The Balaban J connectivity index is 0. The van der Waals surface area contributed by atoms with Crippen LogP contribution >= 0.6 is 35.5 Å². The van der Waals surface area contributed by atoms with Gasteiger partial charge in [-0.25, -0.2) is 0 Å². The van der Waals surface area contributed by atoms with Gasteiger partial charge in [0.25, 0.3) is 0 Å². The third-order valence-corrected chi connectivity index (χ3v) is 0. The molecule has 0 spiro atoms. The van der Waals surface area contributed by atoms with Crippen molar-refractivity contribution < 1.29 is 4.74 Å². The van der Waals surface area contributed by atoms with E-state index in [1.807, 2.05) is 0 Å². The Hall–Kier alpha value is 2.34. The molecule has 0 rings (SSSR count). The number of hydrogen-bond acceptors (Lipinski definition) is 1. The van der Waals surface area contributed by atoms with E-state index in [0.29, 0.717) is 0 Å². The third-order valence-electron chi connectivity index (χ3n) is 0. The maximum atomic E-state index is 4.25. The van der Waals surface area contributed by atoms with Gasteiger partial charge in [-0.2, -0.15) is 0 Å². The Morgan fingerprint density at radius 1 is 1.33 bits per heavy atom. The van der Waals surface area contributed by atoms with Crippen LogP contribution in [0.2, 0.25) is 0 Å². The molecule has 4 heteroatoms. The normalized spacial score (nSPS) is 6.00. The quantitative estimate of drug-likeness (QED) is 0.359. The maximum absolute atomic E-state index is 4.25. The summed E-state index contributed by atoms with van der Waals surface area (Å²) < 4.78 is 4.25. The summed E-state index contributed by atoms with van der Waals surface area (Å²) in [7, 11) is 3.25. The molecule has 0 saturated heterocycles. The molecule has 0 aromatic rings. The van der Waals surface area contributed by atoms with Gasteiger partial charge < -0.3 is 4.74 Å². The zero-order valence-electron chi connectivity index (χ0n) is 3.66. The molecular formula is C2H6I2OPb. The van der Waals surface area contributed by atoms with E-state index in [9.17, 15) is 0 Å². The summed E-state index contributed by atoms with van der Waals surface area (Å²) in [5, 5.41) is 0. The second-order valence-electron chi connectivity index (χ2n) is 0.480. The van der Waals surface area contributed by atoms with Crippen LogP contribution in [-0.2, 0) is 4.74 Å². The minimum absolute atomic E-state index is 0.0233. The first-order valence-electron chi connectivity index (χ1n) is 1.19. The molecule has 0 aliphatic carbocycles. The van der Waals surface area contributed by atoms with Gasteiger partial charge in [-0.1, -0.05) is 0 Å². The second kappa shape index (κ2) is 15.7. The summed E-state index contributed by atoms with van der Waals surface area (Å²) in [6, 6.07) is 0. The average molecular weight is 507 g/mol. The molecule has 1 nitrogen and oxygen atoms in total. The van der Waals surface area contributed by atoms with Crippen LogP contribution in [0.4, 0.5) is 0 Å². The fourth-order valence-corrected chi connectivity index (χ4v) is 0. The first-order chi connectivity index (χ1) is 2.83. The van der Waals surface area contributed by atoms with Gasteiger partial charge >= 0.3 is 51.2 Å². The van der Waals surface area contributed by atoms with Gasteiger partial charge in [0.05, 0.1) is 0 Å². The van der Waals surface area contributed by atoms with Crippen molar-refractivity contribution in [1.29, 1.82) is 0 Å². The van der Waals surface area contributed by atoms with E-state index in [4.69, 9.17) is 0 Å². The molecule has 0 aliphatic rings. The van der Waals surface area contributed by atoms with Crippen molar-refractivity contribution in [3.8, 4) is 0 Å². The SMILES string of the molecule is COC.[I][Pb][I]. The number of methoxy groups -OCH3 is 1. The fraction of sp³-hybridized carbons (Fsp3) is 1.00.